The number of pyridine rings is 1. The molecule has 1 heterocycles. The molecule has 1 aromatic heterocycles. The van der Waals surface area contributed by atoms with Crippen molar-refractivity contribution in [3.8, 4) is 11.5 Å². The largest absolute Gasteiger partial charge is 0.490 e. The standard InChI is InChI=1S/C19H25N3O2S/c1-5-23-16-10-9-15(12-17(16)24-6-2)14(4)21-19(25)22-18-13(3)8-7-11-20-18/h7-12,14H,5-6H2,1-4H3,(H2,20,21,22,25). The molecule has 0 saturated heterocycles. The number of anilines is 1. The molecule has 0 amide bonds. The molecule has 2 rings (SSSR count). The second kappa shape index (κ2) is 9.22. The molecule has 0 aliphatic heterocycles. The number of nitrogens with zero attached hydrogens (tertiary/aromatic N) is 1. The molecule has 1 atom stereocenters. The Kier molecular flexibility index (Phi) is 7.01. The minimum Gasteiger partial charge on any atom is -0.490 e. The Morgan fingerprint density at radius 3 is 2.56 bits per heavy atom. The summed E-state index contributed by atoms with van der Waals surface area (Å²) in [5.41, 5.74) is 2.10. The highest BCUT2D eigenvalue weighted by atomic mass is 32.1. The maximum Gasteiger partial charge on any atom is 0.172 e. The minimum absolute atomic E-state index is 0.0129. The maximum atomic E-state index is 5.69. The van der Waals surface area contributed by atoms with Gasteiger partial charge in [-0.3, -0.25) is 0 Å². The third-order valence-corrected chi connectivity index (χ3v) is 3.88. The number of rotatable bonds is 7. The molecule has 25 heavy (non-hydrogen) atoms. The summed E-state index contributed by atoms with van der Waals surface area (Å²) in [6, 6.07) is 9.83. The van der Waals surface area contributed by atoms with Gasteiger partial charge in [0.2, 0.25) is 0 Å². The van der Waals surface area contributed by atoms with E-state index in [0.29, 0.717) is 18.3 Å². The zero-order chi connectivity index (χ0) is 18.2. The predicted octanol–water partition coefficient (Wildman–Crippen LogP) is 4.24. The van der Waals surface area contributed by atoms with Crippen LogP contribution in [0, 0.1) is 6.92 Å². The lowest BCUT2D eigenvalue weighted by Crippen LogP contribution is -2.31. The Balaban J connectivity index is 2.06. The zero-order valence-electron chi connectivity index (χ0n) is 15.1. The van der Waals surface area contributed by atoms with Crippen molar-refractivity contribution < 1.29 is 9.47 Å². The number of benzene rings is 1. The predicted molar refractivity (Wildman–Crippen MR) is 106 cm³/mol. The molecule has 6 heteroatoms. The topological polar surface area (TPSA) is 55.4 Å². The Morgan fingerprint density at radius 2 is 1.88 bits per heavy atom. The van der Waals surface area contributed by atoms with Gasteiger partial charge in [-0.2, -0.15) is 0 Å². The third-order valence-electron chi connectivity index (χ3n) is 3.66. The average molecular weight is 359 g/mol. The van der Waals surface area contributed by atoms with Crippen LogP contribution in [0.2, 0.25) is 0 Å². The van der Waals surface area contributed by atoms with E-state index in [2.05, 4.69) is 15.6 Å². The summed E-state index contributed by atoms with van der Waals surface area (Å²) in [6.07, 6.45) is 1.74. The molecule has 5 nitrogen and oxygen atoms in total. The van der Waals surface area contributed by atoms with E-state index in [1.165, 1.54) is 0 Å². The fraction of sp³-hybridized carbons (Fsp3) is 0.368. The SMILES string of the molecule is CCOc1ccc(C(C)NC(=S)Nc2ncccc2C)cc1OCC. The van der Waals surface area contributed by atoms with Gasteiger partial charge >= 0.3 is 0 Å². The third kappa shape index (κ3) is 5.32. The van der Waals surface area contributed by atoms with E-state index in [1.54, 1.807) is 6.20 Å². The Labute approximate surface area is 154 Å². The van der Waals surface area contributed by atoms with Crippen LogP contribution in [-0.4, -0.2) is 23.3 Å². The highest BCUT2D eigenvalue weighted by Gasteiger charge is 2.12. The van der Waals surface area contributed by atoms with Gasteiger partial charge in [0.1, 0.15) is 5.82 Å². The first-order chi connectivity index (χ1) is 12.0. The van der Waals surface area contributed by atoms with E-state index < -0.39 is 0 Å². The van der Waals surface area contributed by atoms with Crippen molar-refractivity contribution in [2.75, 3.05) is 18.5 Å². The van der Waals surface area contributed by atoms with Gasteiger partial charge in [0, 0.05) is 6.20 Å². The van der Waals surface area contributed by atoms with Crippen LogP contribution < -0.4 is 20.1 Å². The molecule has 0 radical (unpaired) electrons. The first kappa shape index (κ1) is 19.0. The molecular formula is C19H25N3O2S. The Bertz CT molecular complexity index is 722. The summed E-state index contributed by atoms with van der Waals surface area (Å²) in [5.74, 6) is 2.26. The second-order valence-corrected chi connectivity index (χ2v) is 5.97. The fourth-order valence-corrected chi connectivity index (χ4v) is 2.65. The molecule has 134 valence electrons. The van der Waals surface area contributed by atoms with Gasteiger partial charge in [-0.25, -0.2) is 4.98 Å². The molecule has 0 bridgehead atoms. The number of hydrogen-bond acceptors (Lipinski definition) is 4. The number of hydrogen-bond donors (Lipinski definition) is 2. The van der Waals surface area contributed by atoms with Crippen LogP contribution in [-0.2, 0) is 0 Å². The Hall–Kier alpha value is -2.34. The van der Waals surface area contributed by atoms with Crippen molar-refractivity contribution in [1.29, 1.82) is 0 Å². The van der Waals surface area contributed by atoms with Crippen LogP contribution in [0.15, 0.2) is 36.5 Å². The van der Waals surface area contributed by atoms with Gasteiger partial charge in [-0.1, -0.05) is 12.1 Å². The van der Waals surface area contributed by atoms with E-state index >= 15 is 0 Å². The van der Waals surface area contributed by atoms with E-state index in [9.17, 15) is 0 Å². The monoisotopic (exact) mass is 359 g/mol. The van der Waals surface area contributed by atoms with E-state index in [0.717, 1.165) is 28.4 Å². The second-order valence-electron chi connectivity index (χ2n) is 5.56. The van der Waals surface area contributed by atoms with Crippen molar-refractivity contribution >= 4 is 23.1 Å². The van der Waals surface area contributed by atoms with Gasteiger partial charge in [0.05, 0.1) is 19.3 Å². The first-order valence-electron chi connectivity index (χ1n) is 8.43. The summed E-state index contributed by atoms with van der Waals surface area (Å²) in [7, 11) is 0. The number of aromatic nitrogens is 1. The van der Waals surface area contributed by atoms with Crippen molar-refractivity contribution in [2.45, 2.75) is 33.7 Å². The molecular weight excluding hydrogens is 334 g/mol. The van der Waals surface area contributed by atoms with Crippen LogP contribution in [0.1, 0.15) is 37.9 Å². The highest BCUT2D eigenvalue weighted by Crippen LogP contribution is 2.30. The van der Waals surface area contributed by atoms with Crippen molar-refractivity contribution in [2.24, 2.45) is 0 Å². The smallest absolute Gasteiger partial charge is 0.172 e. The summed E-state index contributed by atoms with van der Waals surface area (Å²) >= 11 is 5.41. The molecule has 1 aromatic carbocycles. The summed E-state index contributed by atoms with van der Waals surface area (Å²) < 4.78 is 11.3. The lowest BCUT2D eigenvalue weighted by molar-refractivity contribution is 0.287. The quantitative estimate of drug-likeness (QED) is 0.722. The molecule has 0 spiro atoms. The van der Waals surface area contributed by atoms with Crippen LogP contribution in [0.5, 0.6) is 11.5 Å². The summed E-state index contributed by atoms with van der Waals surface area (Å²) in [4.78, 5) is 4.29. The number of aryl methyl sites for hydroxylation is 1. The molecule has 1 unspecified atom stereocenters. The average Bonchev–Trinajstić information content (AvgIpc) is 2.59. The maximum absolute atomic E-state index is 5.69. The van der Waals surface area contributed by atoms with Crippen molar-refractivity contribution in [3.05, 3.63) is 47.7 Å². The van der Waals surface area contributed by atoms with Crippen LogP contribution >= 0.6 is 12.2 Å². The van der Waals surface area contributed by atoms with E-state index in [4.69, 9.17) is 21.7 Å². The molecule has 0 fully saturated rings. The summed E-state index contributed by atoms with van der Waals surface area (Å²) in [6.45, 7) is 9.14. The number of nitrogens with one attached hydrogen (secondary N) is 2. The van der Waals surface area contributed by atoms with Gasteiger partial charge in [-0.15, -0.1) is 0 Å². The lowest BCUT2D eigenvalue weighted by atomic mass is 10.1. The lowest BCUT2D eigenvalue weighted by Gasteiger charge is -2.19. The Morgan fingerprint density at radius 1 is 1.16 bits per heavy atom. The molecule has 2 aromatic rings. The number of ether oxygens (including phenoxy) is 2. The van der Waals surface area contributed by atoms with Gasteiger partial charge < -0.3 is 20.1 Å². The number of thiocarbonyl (C=S) groups is 1. The molecule has 0 aliphatic rings. The zero-order valence-corrected chi connectivity index (χ0v) is 15.9. The summed E-state index contributed by atoms with van der Waals surface area (Å²) in [5, 5.41) is 6.94. The normalized spacial score (nSPS) is 11.5. The van der Waals surface area contributed by atoms with E-state index in [-0.39, 0.29) is 6.04 Å². The van der Waals surface area contributed by atoms with Crippen molar-refractivity contribution in [3.63, 3.8) is 0 Å². The minimum atomic E-state index is 0.0129. The van der Waals surface area contributed by atoms with Crippen molar-refractivity contribution in [1.82, 2.24) is 10.3 Å². The fourth-order valence-electron chi connectivity index (χ4n) is 2.38. The molecule has 0 aliphatic carbocycles. The highest BCUT2D eigenvalue weighted by molar-refractivity contribution is 7.80. The molecule has 2 N–H and O–H groups in total. The van der Waals surface area contributed by atoms with E-state index in [1.807, 2.05) is 58.0 Å². The van der Waals surface area contributed by atoms with Gasteiger partial charge in [0.25, 0.3) is 0 Å². The van der Waals surface area contributed by atoms with Crippen LogP contribution in [0.3, 0.4) is 0 Å². The first-order valence-corrected chi connectivity index (χ1v) is 8.84. The van der Waals surface area contributed by atoms with Crippen LogP contribution in [0.4, 0.5) is 5.82 Å². The molecule has 0 saturated carbocycles. The van der Waals surface area contributed by atoms with Crippen LogP contribution in [0.25, 0.3) is 0 Å². The van der Waals surface area contributed by atoms with Gasteiger partial charge in [0.15, 0.2) is 16.6 Å². The van der Waals surface area contributed by atoms with Gasteiger partial charge in [-0.05, 0) is 69.2 Å².